The molecule has 7 rings (SSSR count). The van der Waals surface area contributed by atoms with Crippen LogP contribution in [-0.4, -0.2) is 77.8 Å². The van der Waals surface area contributed by atoms with Crippen LogP contribution in [-0.2, 0) is 6.54 Å². The third-order valence-electron chi connectivity index (χ3n) is 9.50. The minimum absolute atomic E-state index is 0.158. The van der Waals surface area contributed by atoms with Crippen LogP contribution in [0.5, 0.6) is 0 Å². The van der Waals surface area contributed by atoms with Crippen LogP contribution in [0.1, 0.15) is 35.3 Å². The lowest BCUT2D eigenvalue weighted by molar-refractivity contribution is 0.0929. The third-order valence-corrected chi connectivity index (χ3v) is 9.73. The van der Waals surface area contributed by atoms with Gasteiger partial charge in [0.25, 0.3) is 5.91 Å². The molecule has 2 aliphatic heterocycles. The van der Waals surface area contributed by atoms with Crippen molar-refractivity contribution in [3.05, 3.63) is 125 Å². The maximum absolute atomic E-state index is 14.0. The molecule has 48 heavy (non-hydrogen) atoms. The summed E-state index contributed by atoms with van der Waals surface area (Å²) < 4.78 is 1.94. The van der Waals surface area contributed by atoms with E-state index in [2.05, 4.69) is 62.5 Å². The molecule has 5 aromatic rings. The molecule has 2 fully saturated rings. The number of carbonyl (C=O) groups is 1. The van der Waals surface area contributed by atoms with Gasteiger partial charge in [0, 0.05) is 80.7 Å². The summed E-state index contributed by atoms with van der Waals surface area (Å²) in [7, 11) is 0. The lowest BCUT2D eigenvalue weighted by atomic mass is 9.97. The van der Waals surface area contributed by atoms with E-state index in [-0.39, 0.29) is 5.91 Å². The highest BCUT2D eigenvalue weighted by molar-refractivity contribution is 6.30. The van der Waals surface area contributed by atoms with Crippen molar-refractivity contribution in [3.63, 3.8) is 0 Å². The van der Waals surface area contributed by atoms with Crippen molar-refractivity contribution in [2.45, 2.75) is 25.8 Å². The van der Waals surface area contributed by atoms with E-state index < -0.39 is 0 Å². The van der Waals surface area contributed by atoms with Gasteiger partial charge in [0.1, 0.15) is 0 Å². The number of para-hydroxylation sites is 1. The van der Waals surface area contributed by atoms with Gasteiger partial charge in [-0.3, -0.25) is 14.6 Å². The zero-order chi connectivity index (χ0) is 32.7. The maximum Gasteiger partial charge on any atom is 0.272 e. The number of hydrogen-bond acceptors (Lipinski definition) is 5. The molecule has 1 N–H and O–H groups in total. The van der Waals surface area contributed by atoms with Crippen LogP contribution in [0.25, 0.3) is 28.1 Å². The molecule has 0 radical (unpaired) electrons. The average molecular weight is 659 g/mol. The molecule has 3 heterocycles. The monoisotopic (exact) mass is 658 g/mol. The molecule has 0 saturated carbocycles. The first-order valence-electron chi connectivity index (χ1n) is 17.2. The quantitative estimate of drug-likeness (QED) is 0.170. The van der Waals surface area contributed by atoms with Crippen molar-refractivity contribution in [3.8, 4) is 28.1 Å². The highest BCUT2D eigenvalue weighted by Gasteiger charge is 2.27. The van der Waals surface area contributed by atoms with Crippen molar-refractivity contribution in [1.82, 2.24) is 24.9 Å². The van der Waals surface area contributed by atoms with Gasteiger partial charge in [0.2, 0.25) is 0 Å². The maximum atomic E-state index is 14.0. The zero-order valence-electron chi connectivity index (χ0n) is 27.4. The molecular weight excluding hydrogens is 616 g/mol. The number of aromatic nitrogens is 2. The van der Waals surface area contributed by atoms with Gasteiger partial charge in [0.15, 0.2) is 5.69 Å². The Morgan fingerprint density at radius 3 is 2.08 bits per heavy atom. The first-order valence-corrected chi connectivity index (χ1v) is 17.6. The highest BCUT2D eigenvalue weighted by Crippen LogP contribution is 2.38. The summed E-state index contributed by atoms with van der Waals surface area (Å²) in [5.41, 5.74) is 7.59. The second kappa shape index (κ2) is 15.2. The Labute approximate surface area is 288 Å². The van der Waals surface area contributed by atoms with Gasteiger partial charge >= 0.3 is 0 Å². The van der Waals surface area contributed by atoms with Crippen LogP contribution >= 0.6 is 11.6 Å². The van der Waals surface area contributed by atoms with Gasteiger partial charge < -0.3 is 10.2 Å². The minimum atomic E-state index is -0.158. The van der Waals surface area contributed by atoms with Crippen LogP contribution in [0.3, 0.4) is 0 Å². The smallest absolute Gasteiger partial charge is 0.272 e. The topological polar surface area (TPSA) is 56.6 Å². The number of carbonyl (C=O) groups excluding carboxylic acids is 1. The van der Waals surface area contributed by atoms with Crippen molar-refractivity contribution in [2.24, 2.45) is 0 Å². The number of nitrogens with zero attached hydrogens (tertiary/aromatic N) is 5. The number of nitrogens with one attached hydrogen (secondary N) is 1. The normalized spacial score (nSPS) is 15.8. The molecule has 2 aliphatic rings. The number of amides is 1. The Morgan fingerprint density at radius 2 is 1.38 bits per heavy atom. The first-order chi connectivity index (χ1) is 23.6. The summed E-state index contributed by atoms with van der Waals surface area (Å²) in [6.45, 7) is 8.35. The van der Waals surface area contributed by atoms with Gasteiger partial charge in [-0.2, -0.15) is 5.10 Å². The van der Waals surface area contributed by atoms with Crippen molar-refractivity contribution >= 4 is 23.2 Å². The Morgan fingerprint density at radius 1 is 0.688 bits per heavy atom. The SMILES string of the molecule is O=C(NCCN1CCN(Cc2cccc(Cl)c2)CC1)c1nn(-c2ccccc2)c(-c2ccc(N3CCCCC3)cc2)c1-c1ccccc1. The summed E-state index contributed by atoms with van der Waals surface area (Å²) in [4.78, 5) is 21.4. The van der Waals surface area contributed by atoms with E-state index in [0.29, 0.717) is 12.2 Å². The molecule has 2 saturated heterocycles. The van der Waals surface area contributed by atoms with E-state index in [1.165, 1.54) is 30.5 Å². The Balaban J connectivity index is 1.11. The molecule has 0 bridgehead atoms. The standard InChI is InChI=1S/C40H43ClN6O/c41-34-14-10-11-31(29-34)30-45-27-25-44(26-28-45)24-21-42-40(48)38-37(32-12-4-1-5-13-32)39(47(43-38)36-15-6-2-7-16-36)33-17-19-35(20-18-33)46-22-8-3-9-23-46/h1-2,4-7,10-20,29H,3,8-9,21-28,30H2,(H,42,48). The van der Waals surface area contributed by atoms with E-state index in [0.717, 1.165) is 85.5 Å². The van der Waals surface area contributed by atoms with Gasteiger partial charge in [-0.15, -0.1) is 0 Å². The fraction of sp³-hybridized carbons (Fsp3) is 0.300. The number of hydrogen-bond donors (Lipinski definition) is 1. The van der Waals surface area contributed by atoms with Gasteiger partial charge in [-0.1, -0.05) is 84.4 Å². The van der Waals surface area contributed by atoms with Crippen LogP contribution in [0, 0.1) is 0 Å². The summed E-state index contributed by atoms with van der Waals surface area (Å²) >= 11 is 6.19. The van der Waals surface area contributed by atoms with E-state index >= 15 is 0 Å². The molecular formula is C40H43ClN6O. The fourth-order valence-electron chi connectivity index (χ4n) is 6.94. The molecule has 246 valence electrons. The van der Waals surface area contributed by atoms with Crippen LogP contribution in [0.4, 0.5) is 5.69 Å². The second-order valence-electron chi connectivity index (χ2n) is 12.8. The second-order valence-corrected chi connectivity index (χ2v) is 13.2. The Hall–Kier alpha value is -4.43. The predicted molar refractivity (Wildman–Crippen MR) is 196 cm³/mol. The number of rotatable bonds is 10. The van der Waals surface area contributed by atoms with Gasteiger partial charge in [-0.05, 0) is 66.8 Å². The van der Waals surface area contributed by atoms with E-state index in [4.69, 9.17) is 16.7 Å². The molecule has 0 atom stereocenters. The van der Waals surface area contributed by atoms with E-state index in [9.17, 15) is 4.79 Å². The summed E-state index contributed by atoms with van der Waals surface area (Å²) in [6.07, 6.45) is 3.77. The predicted octanol–water partition coefficient (Wildman–Crippen LogP) is 7.40. The van der Waals surface area contributed by atoms with Crippen molar-refractivity contribution in [2.75, 3.05) is 57.3 Å². The molecule has 0 spiro atoms. The fourth-order valence-corrected chi connectivity index (χ4v) is 7.15. The first kappa shape index (κ1) is 32.1. The lowest BCUT2D eigenvalue weighted by Gasteiger charge is -2.34. The molecule has 0 aliphatic carbocycles. The minimum Gasteiger partial charge on any atom is -0.372 e. The molecule has 8 heteroatoms. The molecule has 1 aromatic heterocycles. The van der Waals surface area contributed by atoms with Crippen molar-refractivity contribution in [1.29, 1.82) is 0 Å². The molecule has 0 unspecified atom stereocenters. The third kappa shape index (κ3) is 7.49. The molecule has 1 amide bonds. The Bertz CT molecular complexity index is 1790. The average Bonchev–Trinajstić information content (AvgIpc) is 3.55. The molecule has 7 nitrogen and oxygen atoms in total. The highest BCUT2D eigenvalue weighted by atomic mass is 35.5. The Kier molecular flexibility index (Phi) is 10.2. The van der Waals surface area contributed by atoms with E-state index in [1.807, 2.05) is 71.4 Å². The van der Waals surface area contributed by atoms with E-state index in [1.54, 1.807) is 0 Å². The molecule has 4 aromatic carbocycles. The summed E-state index contributed by atoms with van der Waals surface area (Å²) in [5.74, 6) is -0.158. The van der Waals surface area contributed by atoms with Crippen LogP contribution in [0.15, 0.2) is 109 Å². The van der Waals surface area contributed by atoms with Gasteiger partial charge in [-0.25, -0.2) is 4.68 Å². The van der Waals surface area contributed by atoms with Crippen LogP contribution in [0.2, 0.25) is 5.02 Å². The summed E-state index contributed by atoms with van der Waals surface area (Å²) in [6, 6.07) is 37.2. The zero-order valence-corrected chi connectivity index (χ0v) is 28.2. The number of anilines is 1. The number of piperidine rings is 1. The number of benzene rings is 4. The largest absolute Gasteiger partial charge is 0.372 e. The number of halogens is 1. The summed E-state index contributed by atoms with van der Waals surface area (Å²) in [5, 5.41) is 9.03. The van der Waals surface area contributed by atoms with Crippen LogP contribution < -0.4 is 10.2 Å². The number of piperazine rings is 1. The van der Waals surface area contributed by atoms with Crippen molar-refractivity contribution < 1.29 is 4.79 Å². The lowest BCUT2D eigenvalue weighted by Crippen LogP contribution is -2.48. The van der Waals surface area contributed by atoms with Gasteiger partial charge in [0.05, 0.1) is 11.4 Å².